The fourth-order valence-corrected chi connectivity index (χ4v) is 3.18. The summed E-state index contributed by atoms with van der Waals surface area (Å²) in [6.45, 7) is 2.16. The van der Waals surface area contributed by atoms with Crippen LogP contribution in [0.5, 0.6) is 0 Å². The number of nitrogens with one attached hydrogen (secondary N) is 1. The van der Waals surface area contributed by atoms with Gasteiger partial charge in [0.1, 0.15) is 6.33 Å². The standard InChI is InChI=1S/C22H22N6O2/c1-2-4-15-5-3-6-18(11-15)28-21-19(13-26-28)20(23-14-24-21)27-25-12-16-7-9-17(10-8-16)22(29)30/h3,5-14,22,29-30H,2,4H2,1H3,(H,23,24,27)/b25-12+. The summed E-state index contributed by atoms with van der Waals surface area (Å²) in [5, 5.41) is 27.8. The first kappa shape index (κ1) is 19.7. The molecule has 0 saturated carbocycles. The molecular weight excluding hydrogens is 380 g/mol. The normalized spacial score (nSPS) is 11.6. The van der Waals surface area contributed by atoms with E-state index in [0.717, 1.165) is 29.5 Å². The van der Waals surface area contributed by atoms with Gasteiger partial charge in [-0.3, -0.25) is 5.43 Å². The van der Waals surface area contributed by atoms with Crippen molar-refractivity contribution in [3.63, 3.8) is 0 Å². The maximum absolute atomic E-state index is 9.15. The highest BCUT2D eigenvalue weighted by atomic mass is 16.5. The second kappa shape index (κ2) is 8.81. The first-order valence-electron chi connectivity index (χ1n) is 9.69. The third-order valence-corrected chi connectivity index (χ3v) is 4.68. The molecule has 4 aromatic rings. The van der Waals surface area contributed by atoms with Crippen molar-refractivity contribution in [2.75, 3.05) is 5.43 Å². The third kappa shape index (κ3) is 4.19. The molecule has 3 N–H and O–H groups in total. The fraction of sp³-hybridized carbons (Fsp3) is 0.182. The van der Waals surface area contributed by atoms with Gasteiger partial charge in [0.2, 0.25) is 0 Å². The number of fused-ring (bicyclic) bond motifs is 1. The number of aryl methyl sites for hydroxylation is 1. The van der Waals surface area contributed by atoms with Gasteiger partial charge >= 0.3 is 0 Å². The lowest BCUT2D eigenvalue weighted by molar-refractivity contribution is -0.0424. The van der Waals surface area contributed by atoms with Crippen molar-refractivity contribution in [3.8, 4) is 5.69 Å². The number of hydrogen-bond acceptors (Lipinski definition) is 7. The van der Waals surface area contributed by atoms with Crippen molar-refractivity contribution < 1.29 is 10.2 Å². The van der Waals surface area contributed by atoms with Crippen molar-refractivity contribution in [2.24, 2.45) is 5.10 Å². The van der Waals surface area contributed by atoms with Crippen molar-refractivity contribution in [3.05, 3.63) is 77.7 Å². The highest BCUT2D eigenvalue weighted by Gasteiger charge is 2.11. The zero-order valence-electron chi connectivity index (χ0n) is 16.5. The molecule has 0 fully saturated rings. The van der Waals surface area contributed by atoms with E-state index in [0.29, 0.717) is 17.0 Å². The lowest BCUT2D eigenvalue weighted by atomic mass is 10.1. The summed E-state index contributed by atoms with van der Waals surface area (Å²) >= 11 is 0. The number of anilines is 1. The minimum Gasteiger partial charge on any atom is -0.364 e. The Morgan fingerprint density at radius 2 is 1.97 bits per heavy atom. The molecule has 0 aliphatic heterocycles. The van der Waals surface area contributed by atoms with Gasteiger partial charge in [-0.2, -0.15) is 10.2 Å². The molecule has 0 saturated heterocycles. The molecule has 2 heterocycles. The summed E-state index contributed by atoms with van der Waals surface area (Å²) in [5.74, 6) is 0.551. The van der Waals surface area contributed by atoms with Crippen LogP contribution in [0.4, 0.5) is 5.82 Å². The quantitative estimate of drug-likeness (QED) is 0.249. The lowest BCUT2D eigenvalue weighted by Crippen LogP contribution is -2.00. The molecule has 8 nitrogen and oxygen atoms in total. The second-order valence-electron chi connectivity index (χ2n) is 6.85. The molecule has 0 aliphatic carbocycles. The van der Waals surface area contributed by atoms with Crippen LogP contribution in [0.3, 0.4) is 0 Å². The molecule has 8 heteroatoms. The topological polar surface area (TPSA) is 108 Å². The van der Waals surface area contributed by atoms with Crippen molar-refractivity contribution in [1.82, 2.24) is 19.7 Å². The first-order chi connectivity index (χ1) is 14.7. The Labute approximate surface area is 173 Å². The molecule has 0 aliphatic rings. The Hall–Kier alpha value is -3.62. The Morgan fingerprint density at radius 3 is 2.73 bits per heavy atom. The molecule has 0 unspecified atom stereocenters. The van der Waals surface area contributed by atoms with E-state index in [1.54, 1.807) is 41.4 Å². The Morgan fingerprint density at radius 1 is 1.13 bits per heavy atom. The van der Waals surface area contributed by atoms with Crippen LogP contribution < -0.4 is 5.43 Å². The van der Waals surface area contributed by atoms with Gasteiger partial charge in [-0.1, -0.05) is 49.7 Å². The number of hydrogen-bond donors (Lipinski definition) is 3. The number of aliphatic hydroxyl groups is 2. The molecule has 0 amide bonds. The molecule has 0 atom stereocenters. The average Bonchev–Trinajstić information content (AvgIpc) is 3.20. The summed E-state index contributed by atoms with van der Waals surface area (Å²) in [4.78, 5) is 8.67. The monoisotopic (exact) mass is 402 g/mol. The van der Waals surface area contributed by atoms with E-state index in [4.69, 9.17) is 10.2 Å². The number of hydrazone groups is 1. The zero-order valence-corrected chi connectivity index (χ0v) is 16.5. The number of nitrogens with zero attached hydrogens (tertiary/aromatic N) is 5. The zero-order chi connectivity index (χ0) is 20.9. The van der Waals surface area contributed by atoms with Gasteiger partial charge in [0.25, 0.3) is 0 Å². The van der Waals surface area contributed by atoms with Crippen LogP contribution in [0, 0.1) is 0 Å². The Balaban J connectivity index is 1.57. The lowest BCUT2D eigenvalue weighted by Gasteiger charge is -2.06. The molecule has 0 spiro atoms. The third-order valence-electron chi connectivity index (χ3n) is 4.68. The molecule has 2 aromatic heterocycles. The maximum Gasteiger partial charge on any atom is 0.178 e. The minimum atomic E-state index is -1.48. The van der Waals surface area contributed by atoms with Crippen molar-refractivity contribution in [1.29, 1.82) is 0 Å². The van der Waals surface area contributed by atoms with Crippen molar-refractivity contribution >= 4 is 23.1 Å². The molecule has 0 radical (unpaired) electrons. The summed E-state index contributed by atoms with van der Waals surface area (Å²) in [6.07, 6.45) is 5.44. The van der Waals surface area contributed by atoms with Crippen LogP contribution in [0.1, 0.15) is 36.3 Å². The van der Waals surface area contributed by atoms with E-state index in [1.165, 1.54) is 11.9 Å². The van der Waals surface area contributed by atoms with E-state index >= 15 is 0 Å². The van der Waals surface area contributed by atoms with E-state index in [-0.39, 0.29) is 0 Å². The van der Waals surface area contributed by atoms with Crippen LogP contribution in [-0.2, 0) is 6.42 Å². The van der Waals surface area contributed by atoms with Gasteiger partial charge in [-0.25, -0.2) is 14.6 Å². The van der Waals surface area contributed by atoms with E-state index in [1.807, 2.05) is 12.1 Å². The Kier molecular flexibility index (Phi) is 5.78. The molecule has 0 bridgehead atoms. The number of benzene rings is 2. The van der Waals surface area contributed by atoms with Crippen LogP contribution in [0.25, 0.3) is 16.7 Å². The predicted molar refractivity (Wildman–Crippen MR) is 115 cm³/mol. The van der Waals surface area contributed by atoms with Gasteiger partial charge in [-0.05, 0) is 29.7 Å². The molecule has 30 heavy (non-hydrogen) atoms. The highest BCUT2D eigenvalue weighted by molar-refractivity contribution is 5.88. The van der Waals surface area contributed by atoms with Gasteiger partial charge < -0.3 is 10.2 Å². The predicted octanol–water partition coefficient (Wildman–Crippen LogP) is 3.20. The molecule has 4 rings (SSSR count). The van der Waals surface area contributed by atoms with Gasteiger partial charge in [-0.15, -0.1) is 0 Å². The van der Waals surface area contributed by atoms with Gasteiger partial charge in [0.05, 0.1) is 23.5 Å². The van der Waals surface area contributed by atoms with E-state index < -0.39 is 6.29 Å². The van der Waals surface area contributed by atoms with Crippen LogP contribution in [0.15, 0.2) is 66.2 Å². The highest BCUT2D eigenvalue weighted by Crippen LogP contribution is 2.22. The maximum atomic E-state index is 9.15. The van der Waals surface area contributed by atoms with Crippen molar-refractivity contribution in [2.45, 2.75) is 26.1 Å². The van der Waals surface area contributed by atoms with Crippen LogP contribution in [0.2, 0.25) is 0 Å². The largest absolute Gasteiger partial charge is 0.364 e. The summed E-state index contributed by atoms with van der Waals surface area (Å²) in [5.41, 5.74) is 7.07. The number of aliphatic hydroxyl groups excluding tert-OH is 1. The smallest absolute Gasteiger partial charge is 0.178 e. The summed E-state index contributed by atoms with van der Waals surface area (Å²) < 4.78 is 1.80. The Bertz CT molecular complexity index is 1170. The average molecular weight is 402 g/mol. The summed E-state index contributed by atoms with van der Waals surface area (Å²) in [7, 11) is 0. The summed E-state index contributed by atoms with van der Waals surface area (Å²) in [6, 6.07) is 15.0. The molecule has 152 valence electrons. The van der Waals surface area contributed by atoms with E-state index in [2.05, 4.69) is 44.7 Å². The van der Waals surface area contributed by atoms with Gasteiger partial charge in [0, 0.05) is 5.56 Å². The SMILES string of the molecule is CCCc1cccc(-n2ncc3c(N/N=C/c4ccc(C(O)O)cc4)ncnc32)c1. The van der Waals surface area contributed by atoms with Gasteiger partial charge in [0.15, 0.2) is 17.8 Å². The van der Waals surface area contributed by atoms with Crippen LogP contribution in [-0.4, -0.2) is 36.2 Å². The van der Waals surface area contributed by atoms with Crippen LogP contribution >= 0.6 is 0 Å². The fourth-order valence-electron chi connectivity index (χ4n) is 3.18. The number of aromatic nitrogens is 4. The molecule has 2 aromatic carbocycles. The van der Waals surface area contributed by atoms with E-state index in [9.17, 15) is 0 Å². The minimum absolute atomic E-state index is 0.424. The first-order valence-corrected chi connectivity index (χ1v) is 9.69. The number of rotatable bonds is 7. The second-order valence-corrected chi connectivity index (χ2v) is 6.85. The molecular formula is C22H22N6O2.